The van der Waals surface area contributed by atoms with Crippen molar-refractivity contribution < 1.29 is 9.53 Å². The van der Waals surface area contributed by atoms with Gasteiger partial charge in [0, 0.05) is 5.92 Å². The van der Waals surface area contributed by atoms with Crippen molar-refractivity contribution in [1.29, 1.82) is 0 Å². The number of ether oxygens (including phenoxy) is 1. The summed E-state index contributed by atoms with van der Waals surface area (Å²) in [6.07, 6.45) is 10.9. The van der Waals surface area contributed by atoms with Crippen molar-refractivity contribution in [3.63, 3.8) is 0 Å². The van der Waals surface area contributed by atoms with E-state index in [2.05, 4.69) is 10.9 Å². The number of carbonyl (C=O) groups excluding carboxylic acids is 1. The maximum Gasteiger partial charge on any atom is 0.251 e. The third-order valence-electron chi connectivity index (χ3n) is 4.37. The van der Waals surface area contributed by atoms with E-state index in [1.165, 1.54) is 17.8 Å². The van der Waals surface area contributed by atoms with Gasteiger partial charge in [-0.1, -0.05) is 36.5 Å². The number of fused-ring (bicyclic) bond motifs is 1. The molecular weight excluding hydrogens is 320 g/mol. The monoisotopic (exact) mass is 342 g/mol. The first-order chi connectivity index (χ1) is 11.7. The zero-order chi connectivity index (χ0) is 16.9. The highest BCUT2D eigenvalue weighted by Crippen LogP contribution is 2.26. The van der Waals surface area contributed by atoms with Crippen LogP contribution in [0.4, 0.5) is 0 Å². The standard InChI is InChI=1S/C19H22N2O2S/c1-3-12-21-16-11-10-15(23-4-2)13-17(16)24-19(21)20-18(22)14-8-6-5-7-9-14/h1,10-11,13-14H,4-9,12H2,2H3. The lowest BCUT2D eigenvalue weighted by Crippen LogP contribution is -2.21. The number of aromatic nitrogens is 1. The van der Waals surface area contributed by atoms with Gasteiger partial charge in [-0.25, -0.2) is 0 Å². The summed E-state index contributed by atoms with van der Waals surface area (Å²) in [5, 5.41) is 0. The Morgan fingerprint density at radius 3 is 2.92 bits per heavy atom. The van der Waals surface area contributed by atoms with Gasteiger partial charge in [-0.2, -0.15) is 4.99 Å². The Bertz CT molecular complexity index is 835. The summed E-state index contributed by atoms with van der Waals surface area (Å²) in [6, 6.07) is 5.90. The molecule has 5 heteroatoms. The lowest BCUT2D eigenvalue weighted by atomic mass is 9.89. The van der Waals surface area contributed by atoms with Gasteiger partial charge in [0.15, 0.2) is 4.80 Å². The summed E-state index contributed by atoms with van der Waals surface area (Å²) in [5.41, 5.74) is 0.997. The van der Waals surface area contributed by atoms with Crippen LogP contribution in [0, 0.1) is 18.3 Å². The van der Waals surface area contributed by atoms with E-state index >= 15 is 0 Å². The summed E-state index contributed by atoms with van der Waals surface area (Å²) in [6.45, 7) is 2.99. The quantitative estimate of drug-likeness (QED) is 0.795. The highest BCUT2D eigenvalue weighted by molar-refractivity contribution is 7.16. The van der Waals surface area contributed by atoms with Crippen LogP contribution in [-0.4, -0.2) is 17.1 Å². The van der Waals surface area contributed by atoms with Crippen LogP contribution in [0.15, 0.2) is 23.2 Å². The fraction of sp³-hybridized carbons (Fsp3) is 0.474. The average molecular weight is 342 g/mol. The molecule has 0 atom stereocenters. The van der Waals surface area contributed by atoms with Gasteiger partial charge in [-0.05, 0) is 38.0 Å². The highest BCUT2D eigenvalue weighted by Gasteiger charge is 2.21. The molecule has 4 nitrogen and oxygen atoms in total. The summed E-state index contributed by atoms with van der Waals surface area (Å²) < 4.78 is 8.53. The molecule has 24 heavy (non-hydrogen) atoms. The minimum atomic E-state index is -0.00272. The number of amides is 1. The minimum absolute atomic E-state index is 0.00272. The smallest absolute Gasteiger partial charge is 0.251 e. The predicted molar refractivity (Wildman–Crippen MR) is 97.0 cm³/mol. The normalized spacial score (nSPS) is 16.2. The Hall–Kier alpha value is -2.06. The second kappa shape index (κ2) is 7.67. The van der Waals surface area contributed by atoms with E-state index in [0.717, 1.165) is 41.6 Å². The van der Waals surface area contributed by atoms with Crippen molar-refractivity contribution in [2.45, 2.75) is 45.6 Å². The fourth-order valence-electron chi connectivity index (χ4n) is 3.17. The van der Waals surface area contributed by atoms with Crippen molar-refractivity contribution >= 4 is 27.5 Å². The van der Waals surface area contributed by atoms with Crippen molar-refractivity contribution in [3.8, 4) is 18.1 Å². The van der Waals surface area contributed by atoms with E-state index in [1.807, 2.05) is 29.7 Å². The fourth-order valence-corrected chi connectivity index (χ4v) is 4.24. The van der Waals surface area contributed by atoms with Crippen LogP contribution in [0.3, 0.4) is 0 Å². The van der Waals surface area contributed by atoms with E-state index in [4.69, 9.17) is 11.2 Å². The number of carbonyl (C=O) groups is 1. The highest BCUT2D eigenvalue weighted by atomic mass is 32.1. The van der Waals surface area contributed by atoms with Crippen molar-refractivity contribution in [3.05, 3.63) is 23.0 Å². The van der Waals surface area contributed by atoms with Crippen LogP contribution in [-0.2, 0) is 11.3 Å². The molecule has 0 aliphatic heterocycles. The molecule has 0 spiro atoms. The summed E-state index contributed by atoms with van der Waals surface area (Å²) in [7, 11) is 0. The number of terminal acetylenes is 1. The van der Waals surface area contributed by atoms with Crippen LogP contribution >= 0.6 is 11.3 Å². The van der Waals surface area contributed by atoms with Crippen molar-refractivity contribution in [2.75, 3.05) is 6.61 Å². The summed E-state index contributed by atoms with van der Waals surface area (Å²) >= 11 is 1.50. The molecule has 1 saturated carbocycles. The van der Waals surface area contributed by atoms with Gasteiger partial charge < -0.3 is 9.30 Å². The summed E-state index contributed by atoms with van der Waals surface area (Å²) in [4.78, 5) is 17.6. The number of nitrogens with zero attached hydrogens (tertiary/aromatic N) is 2. The maximum atomic E-state index is 12.5. The van der Waals surface area contributed by atoms with E-state index < -0.39 is 0 Å². The van der Waals surface area contributed by atoms with Crippen LogP contribution in [0.2, 0.25) is 0 Å². The van der Waals surface area contributed by atoms with Gasteiger partial charge in [0.1, 0.15) is 5.75 Å². The summed E-state index contributed by atoms with van der Waals surface area (Å²) in [5.74, 6) is 3.55. The van der Waals surface area contributed by atoms with Gasteiger partial charge in [-0.3, -0.25) is 4.79 Å². The molecule has 1 aromatic carbocycles. The van der Waals surface area contributed by atoms with Crippen molar-refractivity contribution in [1.82, 2.24) is 4.57 Å². The molecule has 3 rings (SSSR count). The SMILES string of the molecule is C#CCn1c(=NC(=O)C2CCCCC2)sc2cc(OCC)ccc21. The minimum Gasteiger partial charge on any atom is -0.494 e. The van der Waals surface area contributed by atoms with Crippen LogP contribution in [0.25, 0.3) is 10.2 Å². The molecule has 0 bridgehead atoms. The molecule has 1 aromatic heterocycles. The largest absolute Gasteiger partial charge is 0.494 e. The number of thiazole rings is 1. The Morgan fingerprint density at radius 1 is 1.42 bits per heavy atom. The van der Waals surface area contributed by atoms with E-state index in [1.54, 1.807) is 0 Å². The first-order valence-corrected chi connectivity index (χ1v) is 9.32. The number of hydrogen-bond acceptors (Lipinski definition) is 3. The van der Waals surface area contributed by atoms with Gasteiger partial charge in [-0.15, -0.1) is 6.42 Å². The van der Waals surface area contributed by atoms with Crippen LogP contribution in [0.5, 0.6) is 5.75 Å². The Labute approximate surface area is 146 Å². The number of benzene rings is 1. The zero-order valence-corrected chi connectivity index (χ0v) is 14.8. The molecule has 1 aliphatic carbocycles. The van der Waals surface area contributed by atoms with Crippen LogP contribution in [0.1, 0.15) is 39.0 Å². The second-order valence-corrected chi connectivity index (χ2v) is 7.03. The maximum absolute atomic E-state index is 12.5. The van der Waals surface area contributed by atoms with E-state index in [0.29, 0.717) is 18.0 Å². The molecule has 0 saturated heterocycles. The molecule has 1 heterocycles. The molecule has 1 fully saturated rings. The molecule has 0 N–H and O–H groups in total. The molecular formula is C19H22N2O2S. The van der Waals surface area contributed by atoms with Gasteiger partial charge in [0.2, 0.25) is 0 Å². The van der Waals surface area contributed by atoms with Gasteiger partial charge in [0.25, 0.3) is 5.91 Å². The molecule has 0 radical (unpaired) electrons. The molecule has 1 aliphatic rings. The lowest BCUT2D eigenvalue weighted by Gasteiger charge is -2.17. The average Bonchev–Trinajstić information content (AvgIpc) is 2.93. The second-order valence-electron chi connectivity index (χ2n) is 6.02. The van der Waals surface area contributed by atoms with Gasteiger partial charge in [0.05, 0.1) is 23.4 Å². The molecule has 126 valence electrons. The molecule has 1 amide bonds. The first kappa shape index (κ1) is 16.8. The predicted octanol–water partition coefficient (Wildman–Crippen LogP) is 3.74. The van der Waals surface area contributed by atoms with E-state index in [-0.39, 0.29) is 11.8 Å². The Balaban J connectivity index is 2.01. The Morgan fingerprint density at radius 2 is 2.21 bits per heavy atom. The number of hydrogen-bond donors (Lipinski definition) is 0. The van der Waals surface area contributed by atoms with Crippen LogP contribution < -0.4 is 9.54 Å². The zero-order valence-electron chi connectivity index (χ0n) is 14.0. The van der Waals surface area contributed by atoms with Crippen molar-refractivity contribution in [2.24, 2.45) is 10.9 Å². The Kier molecular flexibility index (Phi) is 5.37. The van der Waals surface area contributed by atoms with Gasteiger partial charge >= 0.3 is 0 Å². The first-order valence-electron chi connectivity index (χ1n) is 8.51. The molecule has 0 unspecified atom stereocenters. The third-order valence-corrected chi connectivity index (χ3v) is 5.42. The third kappa shape index (κ3) is 3.54. The number of rotatable bonds is 4. The topological polar surface area (TPSA) is 43.6 Å². The molecule has 2 aromatic rings. The lowest BCUT2D eigenvalue weighted by molar-refractivity contribution is -0.122. The van der Waals surface area contributed by atoms with E-state index in [9.17, 15) is 4.79 Å².